The summed E-state index contributed by atoms with van der Waals surface area (Å²) >= 11 is 10.4. The quantitative estimate of drug-likeness (QED) is 0.581. The lowest BCUT2D eigenvalue weighted by molar-refractivity contribution is -0.119. The van der Waals surface area contributed by atoms with Gasteiger partial charge in [-0.1, -0.05) is 23.2 Å². The van der Waals surface area contributed by atoms with Crippen molar-refractivity contribution in [1.29, 1.82) is 0 Å². The van der Waals surface area contributed by atoms with E-state index < -0.39 is 11.2 Å². The highest BCUT2D eigenvalue weighted by Crippen LogP contribution is 2.26. The number of nitrogens with one attached hydrogen (secondary N) is 2. The number of hydrogen-bond donors (Lipinski definition) is 2. The zero-order chi connectivity index (χ0) is 22.5. The lowest BCUT2D eigenvalue weighted by atomic mass is 9.91. The fraction of sp³-hybridized carbons (Fsp3) is 0.476. The van der Waals surface area contributed by atoms with Gasteiger partial charge in [0.2, 0.25) is 5.95 Å². The maximum atomic E-state index is 12.4. The lowest BCUT2D eigenvalue weighted by Crippen LogP contribution is -2.42. The van der Waals surface area contributed by atoms with Crippen LogP contribution in [0.4, 0.5) is 11.8 Å². The molecule has 1 fully saturated rings. The molecule has 1 saturated carbocycles. The molecule has 1 aromatic carbocycles. The minimum atomic E-state index is -1.47. The molecule has 3 rings (SSSR count). The summed E-state index contributed by atoms with van der Waals surface area (Å²) in [5, 5.41) is 7.13. The number of anilines is 2. The molecule has 0 radical (unpaired) electrons. The topological polar surface area (TPSA) is 93.2 Å². The SMILES string of the molecule is Cc1cnc(N[C@H]2CC[C@@H](NC(=O)C[S+]([O-])c3ccc(Cl)c(Cl)c3)CC2)nc1N(C)C. The van der Waals surface area contributed by atoms with Crippen LogP contribution in [0.15, 0.2) is 29.3 Å². The zero-order valence-corrected chi connectivity index (χ0v) is 20.2. The van der Waals surface area contributed by atoms with Gasteiger partial charge in [0.1, 0.15) is 5.82 Å². The summed E-state index contributed by atoms with van der Waals surface area (Å²) in [5.74, 6) is 1.20. The molecule has 1 aromatic heterocycles. The Morgan fingerprint density at radius 3 is 2.52 bits per heavy atom. The monoisotopic (exact) mass is 483 g/mol. The van der Waals surface area contributed by atoms with E-state index in [0.717, 1.165) is 37.1 Å². The molecule has 2 N–H and O–H groups in total. The predicted molar refractivity (Wildman–Crippen MR) is 127 cm³/mol. The molecule has 1 amide bonds. The average Bonchev–Trinajstić information content (AvgIpc) is 2.72. The summed E-state index contributed by atoms with van der Waals surface area (Å²) in [6.07, 6.45) is 5.31. The first kappa shape index (κ1) is 23.9. The number of benzene rings is 1. The van der Waals surface area contributed by atoms with E-state index in [9.17, 15) is 9.35 Å². The smallest absolute Gasteiger partial charge is 0.270 e. The van der Waals surface area contributed by atoms with Crippen molar-refractivity contribution in [2.75, 3.05) is 30.1 Å². The van der Waals surface area contributed by atoms with Crippen LogP contribution in [0.25, 0.3) is 0 Å². The van der Waals surface area contributed by atoms with Crippen LogP contribution in [-0.4, -0.2) is 52.4 Å². The van der Waals surface area contributed by atoms with Gasteiger partial charge < -0.3 is 20.1 Å². The summed E-state index contributed by atoms with van der Waals surface area (Å²) in [5.41, 5.74) is 1.03. The van der Waals surface area contributed by atoms with Crippen molar-refractivity contribution in [3.8, 4) is 0 Å². The highest BCUT2D eigenvalue weighted by molar-refractivity contribution is 7.92. The molecule has 10 heteroatoms. The number of amides is 1. The van der Waals surface area contributed by atoms with E-state index in [1.165, 1.54) is 0 Å². The number of aromatic nitrogens is 2. The second-order valence-electron chi connectivity index (χ2n) is 7.92. The van der Waals surface area contributed by atoms with Crippen molar-refractivity contribution in [2.24, 2.45) is 0 Å². The third-order valence-electron chi connectivity index (χ3n) is 5.21. The van der Waals surface area contributed by atoms with Gasteiger partial charge in [-0.05, 0) is 55.9 Å². The zero-order valence-electron chi connectivity index (χ0n) is 17.8. The van der Waals surface area contributed by atoms with Crippen molar-refractivity contribution in [3.05, 3.63) is 40.0 Å². The molecule has 1 aliphatic carbocycles. The number of halogens is 2. The Morgan fingerprint density at radius 2 is 1.87 bits per heavy atom. The summed E-state index contributed by atoms with van der Waals surface area (Å²) in [7, 11) is 3.92. The maximum Gasteiger partial charge on any atom is 0.270 e. The van der Waals surface area contributed by atoms with Gasteiger partial charge in [-0.2, -0.15) is 4.98 Å². The minimum absolute atomic E-state index is 0.0765. The Kier molecular flexibility index (Phi) is 8.27. The van der Waals surface area contributed by atoms with Gasteiger partial charge in [0.15, 0.2) is 10.6 Å². The third-order valence-corrected chi connectivity index (χ3v) is 7.25. The molecule has 0 saturated heterocycles. The maximum absolute atomic E-state index is 12.4. The Morgan fingerprint density at radius 1 is 1.19 bits per heavy atom. The van der Waals surface area contributed by atoms with E-state index in [0.29, 0.717) is 20.9 Å². The number of carbonyl (C=O) groups excluding carboxylic acids is 1. The molecule has 1 atom stereocenters. The van der Waals surface area contributed by atoms with E-state index in [1.807, 2.05) is 32.1 Å². The number of hydrogen-bond acceptors (Lipinski definition) is 6. The minimum Gasteiger partial charge on any atom is -0.611 e. The first-order valence-corrected chi connectivity index (χ1v) is 12.2. The summed E-state index contributed by atoms with van der Waals surface area (Å²) < 4.78 is 12.4. The van der Waals surface area contributed by atoms with Crippen molar-refractivity contribution >= 4 is 52.1 Å². The van der Waals surface area contributed by atoms with E-state index in [2.05, 4.69) is 20.6 Å². The van der Waals surface area contributed by atoms with Gasteiger partial charge in [-0.15, -0.1) is 0 Å². The van der Waals surface area contributed by atoms with Gasteiger partial charge in [-0.3, -0.25) is 4.79 Å². The van der Waals surface area contributed by atoms with Crippen molar-refractivity contribution in [2.45, 2.75) is 49.6 Å². The van der Waals surface area contributed by atoms with Crippen molar-refractivity contribution in [3.63, 3.8) is 0 Å². The van der Waals surface area contributed by atoms with E-state index >= 15 is 0 Å². The normalized spacial score (nSPS) is 19.5. The van der Waals surface area contributed by atoms with Gasteiger partial charge >= 0.3 is 0 Å². The van der Waals surface area contributed by atoms with Crippen molar-refractivity contribution < 1.29 is 9.35 Å². The second-order valence-corrected chi connectivity index (χ2v) is 10.2. The summed E-state index contributed by atoms with van der Waals surface area (Å²) in [4.78, 5) is 23.8. The van der Waals surface area contributed by atoms with Crippen LogP contribution in [0.3, 0.4) is 0 Å². The Hall–Kier alpha value is -1.74. The molecule has 168 valence electrons. The molecule has 0 spiro atoms. The van der Waals surface area contributed by atoms with Crippen LogP contribution < -0.4 is 15.5 Å². The molecule has 31 heavy (non-hydrogen) atoms. The van der Waals surface area contributed by atoms with Gasteiger partial charge in [-0.25, -0.2) is 4.98 Å². The van der Waals surface area contributed by atoms with Crippen molar-refractivity contribution in [1.82, 2.24) is 15.3 Å². The molecular formula is C21H27Cl2N5O2S. The predicted octanol–water partition coefficient (Wildman–Crippen LogP) is 3.80. The molecule has 0 aliphatic heterocycles. The lowest BCUT2D eigenvalue weighted by Gasteiger charge is -2.30. The number of aryl methyl sites for hydroxylation is 1. The molecule has 0 bridgehead atoms. The van der Waals surface area contributed by atoms with Crippen LogP contribution in [0.2, 0.25) is 10.0 Å². The van der Waals surface area contributed by atoms with Gasteiger partial charge in [0, 0.05) is 44.0 Å². The van der Waals surface area contributed by atoms with Gasteiger partial charge in [0.05, 0.1) is 10.0 Å². The number of carbonyl (C=O) groups is 1. The summed E-state index contributed by atoms with van der Waals surface area (Å²) in [6, 6.07) is 5.09. The molecule has 2 aromatic rings. The van der Waals surface area contributed by atoms with Crippen LogP contribution in [-0.2, 0) is 16.0 Å². The highest BCUT2D eigenvalue weighted by Gasteiger charge is 2.25. The molecule has 1 unspecified atom stereocenters. The van der Waals surface area contributed by atoms with Crippen LogP contribution in [0, 0.1) is 6.92 Å². The van der Waals surface area contributed by atoms with Crippen LogP contribution >= 0.6 is 23.2 Å². The Labute approximate surface area is 196 Å². The molecule has 7 nitrogen and oxygen atoms in total. The van der Waals surface area contributed by atoms with E-state index in [1.54, 1.807) is 18.2 Å². The van der Waals surface area contributed by atoms with Crippen LogP contribution in [0.5, 0.6) is 0 Å². The fourth-order valence-corrected chi connectivity index (χ4v) is 4.93. The molecule has 1 heterocycles. The number of nitrogens with zero attached hydrogens (tertiary/aromatic N) is 3. The standard InChI is InChI=1S/C21H27Cl2N5O2S/c1-13-11-24-21(27-20(13)28(2)3)26-15-6-4-14(5-7-15)25-19(29)12-31(30)16-8-9-17(22)18(23)10-16/h8-11,14-15H,4-7,12H2,1-3H3,(H,25,29)(H,24,26,27)/t14-,15+,31?. The largest absolute Gasteiger partial charge is 0.611 e. The summed E-state index contributed by atoms with van der Waals surface area (Å²) in [6.45, 7) is 1.99. The van der Waals surface area contributed by atoms with E-state index in [-0.39, 0.29) is 23.7 Å². The molecular weight excluding hydrogens is 457 g/mol. The third kappa shape index (κ3) is 6.62. The first-order valence-electron chi connectivity index (χ1n) is 10.1. The first-order chi connectivity index (χ1) is 14.7. The average molecular weight is 484 g/mol. The van der Waals surface area contributed by atoms with Crippen LogP contribution in [0.1, 0.15) is 31.2 Å². The Bertz CT molecular complexity index is 923. The van der Waals surface area contributed by atoms with E-state index in [4.69, 9.17) is 23.2 Å². The number of rotatable bonds is 7. The Balaban J connectivity index is 1.46. The fourth-order valence-electron chi connectivity index (χ4n) is 3.61. The second kappa shape index (κ2) is 10.7. The molecule has 1 aliphatic rings. The van der Waals surface area contributed by atoms with Gasteiger partial charge in [0.25, 0.3) is 5.91 Å². The highest BCUT2D eigenvalue weighted by atomic mass is 35.5.